The van der Waals surface area contributed by atoms with Gasteiger partial charge in [0.25, 0.3) is 0 Å². The van der Waals surface area contributed by atoms with Crippen LogP contribution in [0.15, 0.2) is 24.5 Å². The van der Waals surface area contributed by atoms with Crippen LogP contribution in [-0.2, 0) is 0 Å². The van der Waals surface area contributed by atoms with E-state index >= 15 is 0 Å². The molecular weight excluding hydrogens is 212 g/mol. The van der Waals surface area contributed by atoms with E-state index in [0.717, 1.165) is 38.4 Å². The Morgan fingerprint density at radius 3 is 2.82 bits per heavy atom. The molecule has 1 saturated heterocycles. The lowest BCUT2D eigenvalue weighted by atomic mass is 10.0. The predicted molar refractivity (Wildman–Crippen MR) is 71.2 cm³/mol. The first-order valence-electron chi connectivity index (χ1n) is 6.28. The van der Waals surface area contributed by atoms with E-state index in [9.17, 15) is 0 Å². The van der Waals surface area contributed by atoms with Crippen molar-refractivity contribution < 1.29 is 0 Å². The summed E-state index contributed by atoms with van der Waals surface area (Å²) in [6, 6.07) is 4.01. The molecule has 1 aliphatic rings. The minimum absolute atomic E-state index is 0.179. The van der Waals surface area contributed by atoms with Crippen LogP contribution in [0.4, 0.5) is 5.69 Å². The van der Waals surface area contributed by atoms with Crippen LogP contribution in [-0.4, -0.2) is 48.1 Å². The van der Waals surface area contributed by atoms with E-state index in [1.165, 1.54) is 0 Å². The average Bonchev–Trinajstić information content (AvgIpc) is 2.39. The highest BCUT2D eigenvalue weighted by Gasteiger charge is 2.27. The average molecular weight is 234 g/mol. The Kier molecular flexibility index (Phi) is 3.97. The minimum atomic E-state index is 0.179. The maximum absolute atomic E-state index is 4.11. The second kappa shape index (κ2) is 5.47. The molecule has 1 aliphatic heterocycles. The monoisotopic (exact) mass is 234 g/mol. The normalized spacial score (nSPS) is 18.0. The maximum atomic E-state index is 4.11. The highest BCUT2D eigenvalue weighted by Crippen LogP contribution is 2.16. The zero-order chi connectivity index (χ0) is 12.1. The fourth-order valence-corrected chi connectivity index (χ4v) is 2.17. The molecule has 0 bridgehead atoms. The number of nitrogens with one attached hydrogen (secondary N) is 2. The summed E-state index contributed by atoms with van der Waals surface area (Å²) in [5.74, 6) is 0. The molecule has 17 heavy (non-hydrogen) atoms. The Morgan fingerprint density at radius 1 is 1.41 bits per heavy atom. The fraction of sp³-hybridized carbons (Fsp3) is 0.615. The van der Waals surface area contributed by atoms with E-state index in [2.05, 4.69) is 40.4 Å². The predicted octanol–water partition coefficient (Wildman–Crippen LogP) is 1.18. The molecule has 2 N–H and O–H groups in total. The molecule has 1 aromatic heterocycles. The molecule has 0 radical (unpaired) electrons. The van der Waals surface area contributed by atoms with Crippen LogP contribution in [0.1, 0.15) is 13.8 Å². The van der Waals surface area contributed by atoms with E-state index in [-0.39, 0.29) is 5.54 Å². The van der Waals surface area contributed by atoms with Crippen LogP contribution >= 0.6 is 0 Å². The summed E-state index contributed by atoms with van der Waals surface area (Å²) in [4.78, 5) is 6.65. The molecule has 94 valence electrons. The van der Waals surface area contributed by atoms with Crippen molar-refractivity contribution in [3.8, 4) is 0 Å². The summed E-state index contributed by atoms with van der Waals surface area (Å²) in [6.45, 7) is 9.97. The summed E-state index contributed by atoms with van der Waals surface area (Å²) >= 11 is 0. The number of hydrogen-bond donors (Lipinski definition) is 2. The molecule has 1 fully saturated rings. The number of piperazine rings is 1. The number of rotatable bonds is 4. The van der Waals surface area contributed by atoms with Crippen molar-refractivity contribution in [3.05, 3.63) is 24.5 Å². The second-order valence-corrected chi connectivity index (χ2v) is 5.14. The minimum Gasteiger partial charge on any atom is -0.382 e. The van der Waals surface area contributed by atoms with Gasteiger partial charge in [-0.1, -0.05) is 0 Å². The Hall–Kier alpha value is -1.13. The van der Waals surface area contributed by atoms with E-state index in [4.69, 9.17) is 0 Å². The van der Waals surface area contributed by atoms with E-state index in [1.54, 1.807) is 6.20 Å². The van der Waals surface area contributed by atoms with Gasteiger partial charge >= 0.3 is 0 Å². The Labute approximate surface area is 103 Å². The molecule has 2 rings (SSSR count). The third-order valence-corrected chi connectivity index (χ3v) is 3.36. The van der Waals surface area contributed by atoms with Crippen molar-refractivity contribution >= 4 is 5.69 Å². The van der Waals surface area contributed by atoms with Gasteiger partial charge in [0.1, 0.15) is 0 Å². The Balaban J connectivity index is 1.88. The van der Waals surface area contributed by atoms with Gasteiger partial charge in [0.2, 0.25) is 0 Å². The van der Waals surface area contributed by atoms with Crippen LogP contribution in [0.3, 0.4) is 0 Å². The second-order valence-electron chi connectivity index (χ2n) is 5.14. The Morgan fingerprint density at radius 2 is 2.18 bits per heavy atom. The van der Waals surface area contributed by atoms with Gasteiger partial charge in [0.15, 0.2) is 0 Å². The quantitative estimate of drug-likeness (QED) is 0.820. The first-order chi connectivity index (χ1) is 8.18. The number of hydrogen-bond acceptors (Lipinski definition) is 4. The van der Waals surface area contributed by atoms with Crippen molar-refractivity contribution in [2.75, 3.05) is 38.0 Å². The van der Waals surface area contributed by atoms with Crippen molar-refractivity contribution in [1.29, 1.82) is 0 Å². The van der Waals surface area contributed by atoms with Gasteiger partial charge in [0.05, 0.1) is 5.69 Å². The van der Waals surface area contributed by atoms with Crippen molar-refractivity contribution in [3.63, 3.8) is 0 Å². The first kappa shape index (κ1) is 12.3. The molecule has 0 amide bonds. The molecule has 1 aromatic rings. The Bertz CT molecular complexity index is 331. The van der Waals surface area contributed by atoms with E-state index in [1.807, 2.05) is 12.3 Å². The highest BCUT2D eigenvalue weighted by molar-refractivity contribution is 5.40. The molecular formula is C13H22N4. The third-order valence-electron chi connectivity index (χ3n) is 3.36. The molecule has 0 saturated carbocycles. The summed E-state index contributed by atoms with van der Waals surface area (Å²) in [7, 11) is 0. The molecule has 0 aromatic carbocycles. The lowest BCUT2D eigenvalue weighted by Crippen LogP contribution is -2.56. The number of pyridine rings is 1. The van der Waals surface area contributed by atoms with Crippen LogP contribution in [0, 0.1) is 0 Å². The molecule has 0 spiro atoms. The van der Waals surface area contributed by atoms with Crippen LogP contribution in [0.5, 0.6) is 0 Å². The van der Waals surface area contributed by atoms with Gasteiger partial charge in [-0.3, -0.25) is 9.88 Å². The number of aromatic nitrogens is 1. The van der Waals surface area contributed by atoms with Gasteiger partial charge in [-0.05, 0) is 26.0 Å². The van der Waals surface area contributed by atoms with E-state index in [0.29, 0.717) is 0 Å². The molecule has 0 atom stereocenters. The van der Waals surface area contributed by atoms with E-state index < -0.39 is 0 Å². The molecule has 2 heterocycles. The van der Waals surface area contributed by atoms with Crippen LogP contribution < -0.4 is 10.6 Å². The lowest BCUT2D eigenvalue weighted by molar-refractivity contribution is 0.114. The summed E-state index contributed by atoms with van der Waals surface area (Å²) in [6.07, 6.45) is 3.67. The van der Waals surface area contributed by atoms with Crippen LogP contribution in [0.25, 0.3) is 0 Å². The largest absolute Gasteiger partial charge is 0.382 e. The molecule has 4 nitrogen and oxygen atoms in total. The van der Waals surface area contributed by atoms with Crippen molar-refractivity contribution in [2.24, 2.45) is 0 Å². The molecule has 4 heteroatoms. The molecule has 0 aliphatic carbocycles. The SMILES string of the molecule is CC(C)(CNc1cccnc1)N1CCNCC1. The highest BCUT2D eigenvalue weighted by atomic mass is 15.2. The smallest absolute Gasteiger partial charge is 0.0527 e. The summed E-state index contributed by atoms with van der Waals surface area (Å²) in [5.41, 5.74) is 1.27. The van der Waals surface area contributed by atoms with Gasteiger partial charge in [0, 0.05) is 50.7 Å². The van der Waals surface area contributed by atoms with Crippen molar-refractivity contribution in [1.82, 2.24) is 15.2 Å². The molecule has 0 unspecified atom stereocenters. The van der Waals surface area contributed by atoms with Gasteiger partial charge in [-0.15, -0.1) is 0 Å². The van der Waals surface area contributed by atoms with Gasteiger partial charge in [-0.25, -0.2) is 0 Å². The fourth-order valence-electron chi connectivity index (χ4n) is 2.17. The first-order valence-corrected chi connectivity index (χ1v) is 6.28. The summed E-state index contributed by atoms with van der Waals surface area (Å²) < 4.78 is 0. The third kappa shape index (κ3) is 3.41. The van der Waals surface area contributed by atoms with Crippen molar-refractivity contribution in [2.45, 2.75) is 19.4 Å². The maximum Gasteiger partial charge on any atom is 0.0527 e. The van der Waals surface area contributed by atoms with Crippen LogP contribution in [0.2, 0.25) is 0 Å². The van der Waals surface area contributed by atoms with Gasteiger partial charge < -0.3 is 10.6 Å². The zero-order valence-corrected chi connectivity index (χ0v) is 10.7. The zero-order valence-electron chi connectivity index (χ0n) is 10.7. The number of nitrogens with zero attached hydrogens (tertiary/aromatic N) is 2. The topological polar surface area (TPSA) is 40.2 Å². The lowest BCUT2D eigenvalue weighted by Gasteiger charge is -2.41. The number of anilines is 1. The standard InChI is InChI=1S/C13H22N4/c1-13(2,17-8-6-14-7-9-17)11-16-12-4-3-5-15-10-12/h3-5,10,14,16H,6-9,11H2,1-2H3. The summed E-state index contributed by atoms with van der Waals surface area (Å²) in [5, 5.41) is 6.85. The van der Waals surface area contributed by atoms with Gasteiger partial charge in [-0.2, -0.15) is 0 Å².